The average molecular weight is 472 g/mol. The van der Waals surface area contributed by atoms with Crippen molar-refractivity contribution in [2.75, 3.05) is 50.8 Å². The van der Waals surface area contributed by atoms with Crippen LogP contribution in [0.25, 0.3) is 22.4 Å². The Hall–Kier alpha value is -2.88. The van der Waals surface area contributed by atoms with Crippen molar-refractivity contribution in [2.45, 2.75) is 18.9 Å². The number of pyridine rings is 1. The first-order chi connectivity index (χ1) is 16.0. The molecule has 2 aromatic heterocycles. The molecule has 1 unspecified atom stereocenters. The Morgan fingerprint density at radius 1 is 1.21 bits per heavy atom. The topological polar surface area (TPSA) is 104 Å². The fourth-order valence-corrected chi connectivity index (χ4v) is 4.67. The molecule has 2 aliphatic rings. The molecular formula is C23H26ClN5O4. The largest absolute Gasteiger partial charge is 0.480 e. The number of likely N-dealkylation sites (tertiary alicyclic amines) is 1. The van der Waals surface area contributed by atoms with E-state index >= 15 is 0 Å². The van der Waals surface area contributed by atoms with Crippen LogP contribution in [0.2, 0.25) is 5.02 Å². The molecule has 9 nitrogen and oxygen atoms in total. The number of nitrogens with one attached hydrogen (secondary N) is 1. The van der Waals surface area contributed by atoms with E-state index in [0.29, 0.717) is 34.4 Å². The van der Waals surface area contributed by atoms with Crippen molar-refractivity contribution >= 4 is 34.4 Å². The first kappa shape index (κ1) is 21.9. The zero-order chi connectivity index (χ0) is 22.8. The maximum absolute atomic E-state index is 11.0. The predicted octanol–water partition coefficient (Wildman–Crippen LogP) is 3.04. The lowest BCUT2D eigenvalue weighted by molar-refractivity contribution is -0.138. The minimum atomic E-state index is -0.830. The molecular weight excluding hydrogens is 446 g/mol. The van der Waals surface area contributed by atoms with Crippen molar-refractivity contribution in [1.82, 2.24) is 19.9 Å². The molecule has 2 N–H and O–H groups in total. The van der Waals surface area contributed by atoms with Gasteiger partial charge in [0.05, 0.1) is 36.0 Å². The minimum absolute atomic E-state index is 0.0187. The molecule has 0 bridgehead atoms. The second kappa shape index (κ2) is 9.54. The normalized spacial score (nSPS) is 19.7. The van der Waals surface area contributed by atoms with Crippen LogP contribution >= 0.6 is 11.6 Å². The third kappa shape index (κ3) is 5.05. The second-order valence-electron chi connectivity index (χ2n) is 8.39. The molecule has 0 amide bonds. The van der Waals surface area contributed by atoms with Gasteiger partial charge in [-0.05, 0) is 37.6 Å². The number of hydrogen-bond acceptors (Lipinski definition) is 7. The number of carbonyl (C=O) groups is 1. The summed E-state index contributed by atoms with van der Waals surface area (Å²) in [6, 6.07) is 10.4. The Labute approximate surface area is 196 Å². The van der Waals surface area contributed by atoms with Gasteiger partial charge in [-0.3, -0.25) is 9.69 Å². The molecule has 10 heteroatoms. The number of imidazole rings is 1. The third-order valence-electron chi connectivity index (χ3n) is 6.02. The molecule has 1 atom stereocenters. The number of aliphatic carboxylic acids is 1. The molecule has 4 heterocycles. The van der Waals surface area contributed by atoms with Crippen molar-refractivity contribution in [1.29, 1.82) is 0 Å². The van der Waals surface area contributed by atoms with Crippen LogP contribution in [0.4, 0.5) is 5.69 Å². The Kier molecular flexibility index (Phi) is 6.34. The number of anilines is 1. The Balaban J connectivity index is 1.32. The second-order valence-corrected chi connectivity index (χ2v) is 8.80. The number of halogens is 1. The number of carboxylic acid groups (broad SMARTS) is 1. The minimum Gasteiger partial charge on any atom is -0.480 e. The number of rotatable bonds is 6. The number of carboxylic acids is 1. The van der Waals surface area contributed by atoms with Gasteiger partial charge in [0.25, 0.3) is 6.01 Å². The van der Waals surface area contributed by atoms with Gasteiger partial charge in [-0.25, -0.2) is 4.98 Å². The van der Waals surface area contributed by atoms with E-state index in [1.54, 1.807) is 0 Å². The van der Waals surface area contributed by atoms with Crippen LogP contribution < -0.4 is 9.64 Å². The molecule has 2 saturated heterocycles. The number of nitrogens with zero attached hydrogens (tertiary/aromatic N) is 4. The number of piperidine rings is 1. The van der Waals surface area contributed by atoms with Crippen LogP contribution in [0, 0.1) is 0 Å². The lowest BCUT2D eigenvalue weighted by atomic mass is 10.1. The van der Waals surface area contributed by atoms with E-state index in [1.165, 1.54) is 0 Å². The molecule has 0 saturated carbocycles. The van der Waals surface area contributed by atoms with Crippen LogP contribution in [0.15, 0.2) is 30.3 Å². The monoisotopic (exact) mass is 471 g/mol. The van der Waals surface area contributed by atoms with Gasteiger partial charge >= 0.3 is 5.97 Å². The Morgan fingerprint density at radius 3 is 2.76 bits per heavy atom. The molecule has 0 aliphatic carbocycles. The van der Waals surface area contributed by atoms with Crippen molar-refractivity contribution in [2.24, 2.45) is 0 Å². The van der Waals surface area contributed by atoms with Crippen LogP contribution in [0.1, 0.15) is 12.8 Å². The standard InChI is InChI=1S/C23H26ClN5O4/c24-18-12-19-22(27-23(25-19)33-17-2-1-7-28(13-17)14-20(30)31)26-21(18)15-3-5-16(6-4-15)29-8-10-32-11-9-29/h3-6,12,17H,1-2,7-11,13-14H2,(H,30,31)(H,25,26,27). The van der Waals surface area contributed by atoms with Crippen molar-refractivity contribution in [3.63, 3.8) is 0 Å². The van der Waals surface area contributed by atoms with E-state index in [1.807, 2.05) is 23.1 Å². The number of hydrogen-bond donors (Lipinski definition) is 2. The number of H-pyrrole nitrogens is 1. The van der Waals surface area contributed by atoms with E-state index in [4.69, 9.17) is 26.2 Å². The molecule has 174 valence electrons. The summed E-state index contributed by atoms with van der Waals surface area (Å²) >= 11 is 6.55. The summed E-state index contributed by atoms with van der Waals surface area (Å²) in [6.07, 6.45) is 1.61. The molecule has 33 heavy (non-hydrogen) atoms. The zero-order valence-electron chi connectivity index (χ0n) is 18.2. The van der Waals surface area contributed by atoms with E-state index in [2.05, 4.69) is 32.0 Å². The number of aromatic amines is 1. The number of fused-ring (bicyclic) bond motifs is 1. The third-order valence-corrected chi connectivity index (χ3v) is 6.31. The highest BCUT2D eigenvalue weighted by atomic mass is 35.5. The maximum atomic E-state index is 11.0. The van der Waals surface area contributed by atoms with Gasteiger partial charge < -0.3 is 24.5 Å². The number of morpholine rings is 1. The van der Waals surface area contributed by atoms with Gasteiger partial charge in [-0.15, -0.1) is 0 Å². The van der Waals surface area contributed by atoms with Crippen molar-refractivity contribution in [3.8, 4) is 17.3 Å². The Morgan fingerprint density at radius 2 is 2.00 bits per heavy atom. The molecule has 2 fully saturated rings. The first-order valence-electron chi connectivity index (χ1n) is 11.2. The van der Waals surface area contributed by atoms with E-state index in [0.717, 1.165) is 56.9 Å². The summed E-state index contributed by atoms with van der Waals surface area (Å²) in [6.45, 7) is 4.59. The molecule has 2 aliphatic heterocycles. The number of benzene rings is 1. The zero-order valence-corrected chi connectivity index (χ0v) is 18.9. The summed E-state index contributed by atoms with van der Waals surface area (Å²) in [5, 5.41) is 9.57. The number of ether oxygens (including phenoxy) is 2. The summed E-state index contributed by atoms with van der Waals surface area (Å²) in [7, 11) is 0. The molecule has 1 aromatic carbocycles. The van der Waals surface area contributed by atoms with Gasteiger partial charge in [0.1, 0.15) is 6.10 Å². The first-order valence-corrected chi connectivity index (χ1v) is 11.5. The van der Waals surface area contributed by atoms with Gasteiger partial charge in [0.15, 0.2) is 5.65 Å². The van der Waals surface area contributed by atoms with Crippen LogP contribution in [0.3, 0.4) is 0 Å². The molecule has 3 aromatic rings. The highest BCUT2D eigenvalue weighted by Gasteiger charge is 2.24. The summed E-state index contributed by atoms with van der Waals surface area (Å²) in [5.41, 5.74) is 3.96. The van der Waals surface area contributed by atoms with Crippen LogP contribution in [-0.2, 0) is 9.53 Å². The van der Waals surface area contributed by atoms with Gasteiger partial charge in [-0.1, -0.05) is 23.7 Å². The van der Waals surface area contributed by atoms with E-state index in [-0.39, 0.29) is 12.6 Å². The molecule has 5 rings (SSSR count). The van der Waals surface area contributed by atoms with Crippen molar-refractivity contribution < 1.29 is 19.4 Å². The fourth-order valence-electron chi connectivity index (χ4n) is 4.41. The quantitative estimate of drug-likeness (QED) is 0.565. The average Bonchev–Trinajstić information content (AvgIpc) is 3.20. The summed E-state index contributed by atoms with van der Waals surface area (Å²) in [4.78, 5) is 27.5. The highest BCUT2D eigenvalue weighted by molar-refractivity contribution is 6.33. The molecule has 0 spiro atoms. The van der Waals surface area contributed by atoms with Crippen molar-refractivity contribution in [3.05, 3.63) is 35.4 Å². The lowest BCUT2D eigenvalue weighted by Gasteiger charge is -2.30. The molecule has 0 radical (unpaired) electrons. The SMILES string of the molecule is O=C(O)CN1CCCC(Oc2nc3nc(-c4ccc(N5CCOCC5)cc4)c(Cl)cc3[nH]2)C1. The van der Waals surface area contributed by atoms with E-state index in [9.17, 15) is 4.79 Å². The smallest absolute Gasteiger partial charge is 0.317 e. The fraction of sp³-hybridized carbons (Fsp3) is 0.435. The Bertz CT molecular complexity index is 1130. The lowest BCUT2D eigenvalue weighted by Crippen LogP contribution is -2.43. The maximum Gasteiger partial charge on any atom is 0.317 e. The van der Waals surface area contributed by atoms with Gasteiger partial charge in [-0.2, -0.15) is 4.98 Å². The predicted molar refractivity (Wildman–Crippen MR) is 125 cm³/mol. The van der Waals surface area contributed by atoms with Crippen LogP contribution in [0.5, 0.6) is 6.01 Å². The van der Waals surface area contributed by atoms with Gasteiger partial charge in [0.2, 0.25) is 0 Å². The highest BCUT2D eigenvalue weighted by Crippen LogP contribution is 2.31. The number of aromatic nitrogens is 3. The van der Waals surface area contributed by atoms with Crippen LogP contribution in [-0.4, -0.2) is 83.0 Å². The van der Waals surface area contributed by atoms with Gasteiger partial charge in [0, 0.05) is 30.9 Å². The summed E-state index contributed by atoms with van der Waals surface area (Å²) < 4.78 is 11.4. The van der Waals surface area contributed by atoms with E-state index < -0.39 is 5.97 Å². The summed E-state index contributed by atoms with van der Waals surface area (Å²) in [5.74, 6) is -0.830.